The zero-order valence-electron chi connectivity index (χ0n) is 19.1. The lowest BCUT2D eigenvalue weighted by atomic mass is 9.92. The Morgan fingerprint density at radius 2 is 0.893 bits per heavy atom. The number of unbranched alkanes of at least 4 members (excludes halogenated alkanes) is 17. The Kier molecular flexibility index (Phi) is 23.8. The Labute approximate surface area is 176 Å². The van der Waals surface area contributed by atoms with E-state index in [1.54, 1.807) is 0 Å². The molecule has 1 atom stereocenters. The van der Waals surface area contributed by atoms with Crippen LogP contribution in [0.5, 0.6) is 0 Å². The van der Waals surface area contributed by atoms with Crippen molar-refractivity contribution < 1.29 is 9.59 Å². The van der Waals surface area contributed by atoms with E-state index in [1.165, 1.54) is 122 Å². The van der Waals surface area contributed by atoms with Crippen LogP contribution in [0, 0.1) is 5.92 Å². The third-order valence-corrected chi connectivity index (χ3v) is 6.08. The topological polar surface area (TPSA) is 34.1 Å². The molecule has 0 heterocycles. The van der Waals surface area contributed by atoms with E-state index in [1.807, 2.05) is 0 Å². The van der Waals surface area contributed by atoms with Crippen LogP contribution in [0.4, 0.5) is 0 Å². The Balaban J connectivity index is 3.43. The number of hydrogen-bond donors (Lipinski definition) is 0. The van der Waals surface area contributed by atoms with Crippen LogP contribution in [0.1, 0.15) is 148 Å². The van der Waals surface area contributed by atoms with Gasteiger partial charge in [0.2, 0.25) is 0 Å². The maximum atomic E-state index is 11.0. The fourth-order valence-electron chi connectivity index (χ4n) is 4.16. The first-order valence-corrected chi connectivity index (χ1v) is 12.7. The molecular formula is C26H50O2. The average molecular weight is 395 g/mol. The normalized spacial score (nSPS) is 12.2. The molecule has 0 aliphatic heterocycles. The molecule has 0 fully saturated rings. The molecule has 0 N–H and O–H groups in total. The van der Waals surface area contributed by atoms with Gasteiger partial charge in [0, 0.05) is 12.8 Å². The molecule has 0 unspecified atom stereocenters. The summed E-state index contributed by atoms with van der Waals surface area (Å²) in [5.41, 5.74) is 0. The molecule has 28 heavy (non-hydrogen) atoms. The Hall–Kier alpha value is -0.660. The predicted octanol–water partition coefficient (Wildman–Crippen LogP) is 8.60. The minimum Gasteiger partial charge on any atom is -0.303 e. The van der Waals surface area contributed by atoms with Crippen molar-refractivity contribution in [1.29, 1.82) is 0 Å². The fraction of sp³-hybridized carbons (Fsp3) is 0.923. The first-order chi connectivity index (χ1) is 13.8. The largest absolute Gasteiger partial charge is 0.303 e. The van der Waals surface area contributed by atoms with E-state index >= 15 is 0 Å². The summed E-state index contributed by atoms with van der Waals surface area (Å²) >= 11 is 0. The van der Waals surface area contributed by atoms with Crippen molar-refractivity contribution in [1.82, 2.24) is 0 Å². The van der Waals surface area contributed by atoms with E-state index in [0.29, 0.717) is 5.92 Å². The van der Waals surface area contributed by atoms with E-state index in [4.69, 9.17) is 0 Å². The summed E-state index contributed by atoms with van der Waals surface area (Å²) in [4.78, 5) is 21.2. The molecule has 0 amide bonds. The van der Waals surface area contributed by atoms with Crippen LogP contribution in [-0.2, 0) is 9.59 Å². The van der Waals surface area contributed by atoms with Crippen molar-refractivity contribution in [3.63, 3.8) is 0 Å². The summed E-state index contributed by atoms with van der Waals surface area (Å²) in [5.74, 6) is 0.634. The van der Waals surface area contributed by atoms with Gasteiger partial charge in [0.1, 0.15) is 12.6 Å². The first-order valence-electron chi connectivity index (χ1n) is 12.7. The number of carbonyl (C=O) groups excluding carboxylic acids is 2. The zero-order chi connectivity index (χ0) is 20.5. The second kappa shape index (κ2) is 24.4. The molecule has 0 aliphatic carbocycles. The standard InChI is InChI=1S/C26H50O2/c1-2-3-4-5-6-7-9-12-15-18-21-26(23-25-28)22-19-16-13-10-8-11-14-17-20-24-27/h24-26H,2-23H2,1H3/t26-/m1/s1. The second-order valence-electron chi connectivity index (χ2n) is 8.81. The fourth-order valence-corrected chi connectivity index (χ4v) is 4.16. The molecule has 2 heteroatoms. The number of aldehydes is 2. The van der Waals surface area contributed by atoms with Crippen LogP contribution in [0.25, 0.3) is 0 Å². The highest BCUT2D eigenvalue weighted by Crippen LogP contribution is 2.21. The number of rotatable bonds is 24. The summed E-state index contributed by atoms with van der Waals surface area (Å²) < 4.78 is 0. The molecule has 0 spiro atoms. The summed E-state index contributed by atoms with van der Waals surface area (Å²) in [6, 6.07) is 0. The molecule has 0 aliphatic rings. The van der Waals surface area contributed by atoms with Crippen LogP contribution in [0.15, 0.2) is 0 Å². The Morgan fingerprint density at radius 3 is 1.29 bits per heavy atom. The summed E-state index contributed by atoms with van der Waals surface area (Å²) in [6.45, 7) is 2.28. The Morgan fingerprint density at radius 1 is 0.500 bits per heavy atom. The maximum absolute atomic E-state index is 11.0. The van der Waals surface area contributed by atoms with E-state index in [2.05, 4.69) is 6.92 Å². The highest BCUT2D eigenvalue weighted by Gasteiger charge is 2.08. The van der Waals surface area contributed by atoms with E-state index in [-0.39, 0.29) is 0 Å². The quantitative estimate of drug-likeness (QED) is 0.121. The lowest BCUT2D eigenvalue weighted by molar-refractivity contribution is -0.109. The van der Waals surface area contributed by atoms with Gasteiger partial charge in [0.15, 0.2) is 0 Å². The highest BCUT2D eigenvalue weighted by atomic mass is 16.1. The van der Waals surface area contributed by atoms with Gasteiger partial charge in [0.25, 0.3) is 0 Å². The van der Waals surface area contributed by atoms with Gasteiger partial charge in [-0.2, -0.15) is 0 Å². The summed E-state index contributed by atoms with van der Waals surface area (Å²) in [7, 11) is 0. The summed E-state index contributed by atoms with van der Waals surface area (Å²) in [6.07, 6.45) is 30.2. The van der Waals surface area contributed by atoms with Gasteiger partial charge >= 0.3 is 0 Å². The minimum atomic E-state index is 0.634. The molecule has 0 aromatic heterocycles. The average Bonchev–Trinajstić information content (AvgIpc) is 2.70. The van der Waals surface area contributed by atoms with Crippen molar-refractivity contribution in [2.24, 2.45) is 5.92 Å². The van der Waals surface area contributed by atoms with Gasteiger partial charge in [-0.25, -0.2) is 0 Å². The minimum absolute atomic E-state index is 0.634. The molecule has 0 bridgehead atoms. The molecule has 0 radical (unpaired) electrons. The van der Waals surface area contributed by atoms with Gasteiger partial charge in [-0.3, -0.25) is 0 Å². The maximum Gasteiger partial charge on any atom is 0.120 e. The third kappa shape index (κ3) is 21.6. The van der Waals surface area contributed by atoms with Crippen molar-refractivity contribution in [3.8, 4) is 0 Å². The van der Waals surface area contributed by atoms with E-state index in [9.17, 15) is 9.59 Å². The molecule has 2 nitrogen and oxygen atoms in total. The highest BCUT2D eigenvalue weighted by molar-refractivity contribution is 5.49. The van der Waals surface area contributed by atoms with Gasteiger partial charge in [-0.05, 0) is 12.3 Å². The molecule has 0 saturated carbocycles. The predicted molar refractivity (Wildman–Crippen MR) is 123 cm³/mol. The van der Waals surface area contributed by atoms with Gasteiger partial charge < -0.3 is 9.59 Å². The number of hydrogen-bond acceptors (Lipinski definition) is 2. The van der Waals surface area contributed by atoms with Crippen molar-refractivity contribution in [3.05, 3.63) is 0 Å². The lowest BCUT2D eigenvalue weighted by Crippen LogP contribution is -2.02. The van der Waals surface area contributed by atoms with Crippen LogP contribution in [0.3, 0.4) is 0 Å². The van der Waals surface area contributed by atoms with Crippen molar-refractivity contribution >= 4 is 12.6 Å². The van der Waals surface area contributed by atoms with Gasteiger partial charge in [-0.1, -0.05) is 129 Å². The van der Waals surface area contributed by atoms with Gasteiger partial charge in [0.05, 0.1) is 0 Å². The molecule has 0 aromatic rings. The van der Waals surface area contributed by atoms with Crippen LogP contribution < -0.4 is 0 Å². The lowest BCUT2D eigenvalue weighted by Gasteiger charge is -2.14. The molecule has 0 rings (SSSR count). The van der Waals surface area contributed by atoms with Gasteiger partial charge in [-0.15, -0.1) is 0 Å². The summed E-state index contributed by atoms with van der Waals surface area (Å²) in [5, 5.41) is 0. The number of carbonyl (C=O) groups is 2. The Bertz CT molecular complexity index is 314. The second-order valence-corrected chi connectivity index (χ2v) is 8.81. The SMILES string of the molecule is CCCCCCCCCCCC[C@@H](CC=O)CCCCCCCCCCC=O. The third-order valence-electron chi connectivity index (χ3n) is 6.08. The zero-order valence-corrected chi connectivity index (χ0v) is 19.1. The van der Waals surface area contributed by atoms with Crippen molar-refractivity contribution in [2.75, 3.05) is 0 Å². The first kappa shape index (κ1) is 27.3. The van der Waals surface area contributed by atoms with Crippen LogP contribution in [-0.4, -0.2) is 12.6 Å². The van der Waals surface area contributed by atoms with Crippen molar-refractivity contribution in [2.45, 2.75) is 148 Å². The van der Waals surface area contributed by atoms with E-state index < -0.39 is 0 Å². The molecule has 166 valence electrons. The van der Waals surface area contributed by atoms with Crippen LogP contribution in [0.2, 0.25) is 0 Å². The monoisotopic (exact) mass is 394 g/mol. The molecule has 0 aromatic carbocycles. The molecule has 0 saturated heterocycles. The van der Waals surface area contributed by atoms with E-state index in [0.717, 1.165) is 31.8 Å². The van der Waals surface area contributed by atoms with Crippen LogP contribution >= 0.6 is 0 Å². The molecular weight excluding hydrogens is 344 g/mol. The smallest absolute Gasteiger partial charge is 0.120 e.